The maximum atomic E-state index is 12.2. The second-order valence-electron chi connectivity index (χ2n) is 6.35. The van der Waals surface area contributed by atoms with E-state index in [2.05, 4.69) is 13.0 Å². The molecule has 0 aliphatic carbocycles. The third kappa shape index (κ3) is 9.18. The van der Waals surface area contributed by atoms with Crippen LogP contribution < -0.4 is 0 Å². The van der Waals surface area contributed by atoms with Gasteiger partial charge in [-0.15, -0.1) is 0 Å². The number of carbonyl (C=O) groups excluding carboxylic acids is 2. The van der Waals surface area contributed by atoms with Crippen LogP contribution in [-0.4, -0.2) is 40.8 Å². The van der Waals surface area contributed by atoms with Crippen LogP contribution in [0.25, 0.3) is 0 Å². The van der Waals surface area contributed by atoms with Crippen molar-refractivity contribution in [2.45, 2.75) is 78.4 Å². The van der Waals surface area contributed by atoms with E-state index < -0.39 is 30.0 Å². The minimum Gasteiger partial charge on any atom is -0.465 e. The fourth-order valence-electron chi connectivity index (χ4n) is 2.35. The largest absolute Gasteiger partial charge is 0.465 e. The summed E-state index contributed by atoms with van der Waals surface area (Å²) in [5.74, 6) is -2.00. The number of esters is 1. The Labute approximate surface area is 146 Å². The molecular formula is C19H34O5. The molecule has 0 fully saturated rings. The molecule has 0 aliphatic rings. The molecule has 0 aromatic carbocycles. The standard InChI is InChI=1S/C19H34O5/c1-5-7-8-9-10-11-12-24-18(22)13-17(21)15(4)19(23)14(3)16(20)6-2/h9-10,14-17,20-21H,5-8,11-13H2,1-4H3/b10-9-/t14?,15?,16-,17?/m0/s1. The van der Waals surface area contributed by atoms with Crippen LogP contribution in [0.2, 0.25) is 0 Å². The Kier molecular flexibility index (Phi) is 12.5. The van der Waals surface area contributed by atoms with Crippen molar-refractivity contribution < 1.29 is 24.5 Å². The zero-order chi connectivity index (χ0) is 18.5. The number of carbonyl (C=O) groups is 2. The van der Waals surface area contributed by atoms with Crippen LogP contribution >= 0.6 is 0 Å². The molecule has 0 amide bonds. The molecule has 0 aliphatic heterocycles. The number of hydrogen-bond donors (Lipinski definition) is 2. The third-order valence-electron chi connectivity index (χ3n) is 4.28. The minimum absolute atomic E-state index is 0.207. The summed E-state index contributed by atoms with van der Waals surface area (Å²) in [6.45, 7) is 7.43. The number of ether oxygens (including phenoxy) is 1. The van der Waals surface area contributed by atoms with Gasteiger partial charge in [-0.2, -0.15) is 0 Å². The van der Waals surface area contributed by atoms with Gasteiger partial charge in [-0.3, -0.25) is 9.59 Å². The lowest BCUT2D eigenvalue weighted by Gasteiger charge is -2.23. The summed E-state index contributed by atoms with van der Waals surface area (Å²) >= 11 is 0. The van der Waals surface area contributed by atoms with E-state index in [1.165, 1.54) is 0 Å². The molecule has 140 valence electrons. The van der Waals surface area contributed by atoms with Crippen molar-refractivity contribution >= 4 is 11.8 Å². The SMILES string of the molecule is CCCC/C=C\CCOC(=O)CC(O)C(C)C(=O)C(C)[C@@H](O)CC. The smallest absolute Gasteiger partial charge is 0.308 e. The molecule has 0 bridgehead atoms. The van der Waals surface area contributed by atoms with E-state index in [9.17, 15) is 19.8 Å². The molecule has 0 rings (SSSR count). The maximum Gasteiger partial charge on any atom is 0.308 e. The molecule has 2 N–H and O–H groups in total. The van der Waals surface area contributed by atoms with Crippen LogP contribution in [0, 0.1) is 11.8 Å². The number of hydrogen-bond acceptors (Lipinski definition) is 5. The predicted molar refractivity (Wildman–Crippen MR) is 94.5 cm³/mol. The molecule has 0 aromatic rings. The van der Waals surface area contributed by atoms with Gasteiger partial charge in [-0.1, -0.05) is 52.7 Å². The Balaban J connectivity index is 4.12. The Morgan fingerprint density at radius 3 is 2.17 bits per heavy atom. The van der Waals surface area contributed by atoms with Gasteiger partial charge < -0.3 is 14.9 Å². The molecule has 0 radical (unpaired) electrons. The Morgan fingerprint density at radius 1 is 1.00 bits per heavy atom. The number of allylic oxidation sites excluding steroid dienone is 1. The number of unbranched alkanes of at least 4 members (excludes halogenated alkanes) is 2. The summed E-state index contributed by atoms with van der Waals surface area (Å²) in [6, 6.07) is 0. The van der Waals surface area contributed by atoms with Crippen molar-refractivity contribution in [2.75, 3.05) is 6.61 Å². The van der Waals surface area contributed by atoms with E-state index in [0.717, 1.165) is 19.3 Å². The summed E-state index contributed by atoms with van der Waals surface area (Å²) in [5, 5.41) is 19.8. The van der Waals surface area contributed by atoms with Crippen molar-refractivity contribution in [1.29, 1.82) is 0 Å². The Morgan fingerprint density at radius 2 is 1.58 bits per heavy atom. The number of Topliss-reactive ketones (excluding diaryl/α,β-unsaturated/α-hetero) is 1. The number of rotatable bonds is 13. The van der Waals surface area contributed by atoms with E-state index in [-0.39, 0.29) is 18.8 Å². The maximum absolute atomic E-state index is 12.2. The summed E-state index contributed by atoms with van der Waals surface area (Å²) < 4.78 is 5.07. The number of ketones is 1. The summed E-state index contributed by atoms with van der Waals surface area (Å²) in [5.41, 5.74) is 0. The second kappa shape index (κ2) is 13.1. The van der Waals surface area contributed by atoms with Crippen molar-refractivity contribution in [3.63, 3.8) is 0 Å². The quantitative estimate of drug-likeness (QED) is 0.305. The van der Waals surface area contributed by atoms with Crippen molar-refractivity contribution in [2.24, 2.45) is 11.8 Å². The van der Waals surface area contributed by atoms with Gasteiger partial charge in [0.1, 0.15) is 5.78 Å². The van der Waals surface area contributed by atoms with Crippen LogP contribution in [0.4, 0.5) is 0 Å². The highest BCUT2D eigenvalue weighted by Gasteiger charge is 2.30. The molecule has 0 heterocycles. The second-order valence-corrected chi connectivity index (χ2v) is 6.35. The zero-order valence-corrected chi connectivity index (χ0v) is 15.5. The van der Waals surface area contributed by atoms with E-state index >= 15 is 0 Å². The molecule has 5 heteroatoms. The molecule has 0 saturated carbocycles. The molecule has 4 atom stereocenters. The average molecular weight is 342 g/mol. The van der Waals surface area contributed by atoms with Crippen LogP contribution in [0.5, 0.6) is 0 Å². The summed E-state index contributed by atoms with van der Waals surface area (Å²) in [7, 11) is 0. The normalized spacial score (nSPS) is 16.6. The Bertz CT molecular complexity index is 391. The van der Waals surface area contributed by atoms with Crippen LogP contribution in [0.15, 0.2) is 12.2 Å². The summed E-state index contributed by atoms with van der Waals surface area (Å²) in [6.07, 6.45) is 6.51. The molecule has 0 saturated heterocycles. The topological polar surface area (TPSA) is 83.8 Å². The molecule has 0 spiro atoms. The average Bonchev–Trinajstić information content (AvgIpc) is 2.58. The highest BCUT2D eigenvalue weighted by Crippen LogP contribution is 2.18. The molecular weight excluding hydrogens is 308 g/mol. The third-order valence-corrected chi connectivity index (χ3v) is 4.28. The Hall–Kier alpha value is -1.20. The lowest BCUT2D eigenvalue weighted by molar-refractivity contribution is -0.147. The first-order chi connectivity index (χ1) is 11.3. The minimum atomic E-state index is -1.09. The lowest BCUT2D eigenvalue weighted by atomic mass is 9.86. The van der Waals surface area contributed by atoms with E-state index in [1.807, 2.05) is 6.08 Å². The van der Waals surface area contributed by atoms with Crippen molar-refractivity contribution in [3.05, 3.63) is 12.2 Å². The van der Waals surface area contributed by atoms with Crippen LogP contribution in [0.3, 0.4) is 0 Å². The van der Waals surface area contributed by atoms with Crippen LogP contribution in [-0.2, 0) is 14.3 Å². The molecule has 0 aromatic heterocycles. The van der Waals surface area contributed by atoms with Crippen molar-refractivity contribution in [3.8, 4) is 0 Å². The molecule has 3 unspecified atom stereocenters. The van der Waals surface area contributed by atoms with E-state index in [4.69, 9.17) is 4.74 Å². The van der Waals surface area contributed by atoms with Gasteiger partial charge in [0, 0.05) is 11.8 Å². The first kappa shape index (κ1) is 22.8. The van der Waals surface area contributed by atoms with Gasteiger partial charge in [-0.05, 0) is 19.3 Å². The zero-order valence-electron chi connectivity index (χ0n) is 15.5. The summed E-state index contributed by atoms with van der Waals surface area (Å²) in [4.78, 5) is 23.9. The predicted octanol–water partition coefficient (Wildman–Crippen LogP) is 3.03. The van der Waals surface area contributed by atoms with Gasteiger partial charge in [0.2, 0.25) is 0 Å². The van der Waals surface area contributed by atoms with Gasteiger partial charge in [0.15, 0.2) is 0 Å². The van der Waals surface area contributed by atoms with Crippen molar-refractivity contribution in [1.82, 2.24) is 0 Å². The highest BCUT2D eigenvalue weighted by atomic mass is 16.5. The fourth-order valence-corrected chi connectivity index (χ4v) is 2.35. The number of aliphatic hydroxyl groups excluding tert-OH is 2. The van der Waals surface area contributed by atoms with Crippen LogP contribution in [0.1, 0.15) is 66.2 Å². The highest BCUT2D eigenvalue weighted by molar-refractivity contribution is 5.84. The first-order valence-electron chi connectivity index (χ1n) is 9.05. The van der Waals surface area contributed by atoms with Gasteiger partial charge in [0.05, 0.1) is 25.2 Å². The van der Waals surface area contributed by atoms with Gasteiger partial charge >= 0.3 is 5.97 Å². The first-order valence-corrected chi connectivity index (χ1v) is 9.05. The lowest BCUT2D eigenvalue weighted by Crippen LogP contribution is -2.36. The monoisotopic (exact) mass is 342 g/mol. The van der Waals surface area contributed by atoms with E-state index in [0.29, 0.717) is 12.8 Å². The van der Waals surface area contributed by atoms with Gasteiger partial charge in [-0.25, -0.2) is 0 Å². The number of aliphatic hydroxyl groups is 2. The van der Waals surface area contributed by atoms with Gasteiger partial charge in [0.25, 0.3) is 0 Å². The van der Waals surface area contributed by atoms with E-state index in [1.54, 1.807) is 20.8 Å². The molecule has 5 nitrogen and oxygen atoms in total. The molecule has 24 heavy (non-hydrogen) atoms. The fraction of sp³-hybridized carbons (Fsp3) is 0.789.